The lowest BCUT2D eigenvalue weighted by molar-refractivity contribution is 0.0936. The van der Waals surface area contributed by atoms with Gasteiger partial charge in [0.25, 0.3) is 5.91 Å². The summed E-state index contributed by atoms with van der Waals surface area (Å²) in [4.78, 5) is 21.0. The third kappa shape index (κ3) is 4.25. The van der Waals surface area contributed by atoms with Crippen LogP contribution in [0.5, 0.6) is 0 Å². The molecule has 0 saturated carbocycles. The molecule has 0 saturated heterocycles. The minimum absolute atomic E-state index is 0.0800. The predicted molar refractivity (Wildman–Crippen MR) is 105 cm³/mol. The van der Waals surface area contributed by atoms with Gasteiger partial charge in [-0.3, -0.25) is 9.48 Å². The van der Waals surface area contributed by atoms with Crippen molar-refractivity contribution in [2.45, 2.75) is 32.4 Å². The summed E-state index contributed by atoms with van der Waals surface area (Å²) in [5.41, 5.74) is 3.18. The molecule has 0 aliphatic carbocycles. The summed E-state index contributed by atoms with van der Waals surface area (Å²) in [6.45, 7) is 2.48. The van der Waals surface area contributed by atoms with Gasteiger partial charge in [-0.2, -0.15) is 5.10 Å². The number of hydrogen-bond acceptors (Lipinski definition) is 5. The summed E-state index contributed by atoms with van der Waals surface area (Å²) in [6, 6.07) is 15.5. The molecule has 0 unspecified atom stereocenters. The second kappa shape index (κ2) is 8.04. The fourth-order valence-corrected chi connectivity index (χ4v) is 3.08. The summed E-state index contributed by atoms with van der Waals surface area (Å²) in [7, 11) is 0. The number of benzene rings is 2. The molecular weight excluding hydrogens is 354 g/mol. The molecule has 1 atom stereocenters. The van der Waals surface area contributed by atoms with Crippen molar-refractivity contribution in [1.29, 1.82) is 0 Å². The molecule has 142 valence electrons. The Kier molecular flexibility index (Phi) is 5.14. The van der Waals surface area contributed by atoms with Crippen LogP contribution in [0.3, 0.4) is 0 Å². The van der Waals surface area contributed by atoms with Gasteiger partial charge in [0.15, 0.2) is 11.5 Å². The van der Waals surface area contributed by atoms with Crippen molar-refractivity contribution in [2.75, 3.05) is 0 Å². The van der Waals surface area contributed by atoms with Crippen molar-refractivity contribution >= 4 is 17.0 Å². The Hall–Kier alpha value is -3.48. The molecule has 4 rings (SSSR count). The van der Waals surface area contributed by atoms with E-state index in [-0.39, 0.29) is 11.9 Å². The van der Waals surface area contributed by atoms with Crippen molar-refractivity contribution < 1.29 is 9.21 Å². The molecule has 2 heterocycles. The molecule has 2 aromatic carbocycles. The number of amides is 1. The third-order valence-electron chi connectivity index (χ3n) is 4.47. The van der Waals surface area contributed by atoms with Crippen LogP contribution in [-0.2, 0) is 19.4 Å². The standard InChI is InChI=1S/C21H21N5O2/c1-15(12-26-14-22-13-23-26)24-21(27)17-8-9-19-18(11-17)25-20(28-19)10-7-16-5-3-2-4-6-16/h2-6,8-9,11,13-15H,7,10,12H2,1H3,(H,24,27)/t15-/m1/s1. The lowest BCUT2D eigenvalue weighted by Gasteiger charge is -2.13. The van der Waals surface area contributed by atoms with Gasteiger partial charge in [0.05, 0.1) is 6.54 Å². The summed E-state index contributed by atoms with van der Waals surface area (Å²) in [5.74, 6) is 0.527. The zero-order valence-corrected chi connectivity index (χ0v) is 15.6. The number of carbonyl (C=O) groups is 1. The van der Waals surface area contributed by atoms with Gasteiger partial charge in [-0.25, -0.2) is 9.97 Å². The maximum Gasteiger partial charge on any atom is 0.251 e. The van der Waals surface area contributed by atoms with E-state index in [1.165, 1.54) is 11.9 Å². The van der Waals surface area contributed by atoms with Gasteiger partial charge >= 0.3 is 0 Å². The van der Waals surface area contributed by atoms with Gasteiger partial charge in [-0.05, 0) is 37.1 Å². The van der Waals surface area contributed by atoms with Crippen LogP contribution in [0.25, 0.3) is 11.1 Å². The van der Waals surface area contributed by atoms with Crippen molar-refractivity contribution in [1.82, 2.24) is 25.1 Å². The molecule has 2 aromatic heterocycles. The van der Waals surface area contributed by atoms with Crippen LogP contribution in [0, 0.1) is 0 Å². The highest BCUT2D eigenvalue weighted by atomic mass is 16.3. The highest BCUT2D eigenvalue weighted by Crippen LogP contribution is 2.19. The number of nitrogens with zero attached hydrogens (tertiary/aromatic N) is 4. The normalized spacial score (nSPS) is 12.2. The number of aryl methyl sites for hydroxylation is 2. The van der Waals surface area contributed by atoms with Crippen LogP contribution in [-0.4, -0.2) is 31.7 Å². The molecule has 4 aromatic rings. The highest BCUT2D eigenvalue weighted by molar-refractivity contribution is 5.97. The summed E-state index contributed by atoms with van der Waals surface area (Å²) in [5, 5.41) is 7.02. The summed E-state index contributed by atoms with van der Waals surface area (Å²) in [6.07, 6.45) is 4.68. The topological polar surface area (TPSA) is 85.8 Å². The van der Waals surface area contributed by atoms with E-state index in [0.29, 0.717) is 29.1 Å². The summed E-state index contributed by atoms with van der Waals surface area (Å²) >= 11 is 0. The van der Waals surface area contributed by atoms with E-state index in [0.717, 1.165) is 12.8 Å². The lowest BCUT2D eigenvalue weighted by Crippen LogP contribution is -2.35. The molecule has 1 amide bonds. The van der Waals surface area contributed by atoms with Crippen molar-refractivity contribution in [3.8, 4) is 0 Å². The van der Waals surface area contributed by atoms with E-state index in [1.54, 1.807) is 29.2 Å². The summed E-state index contributed by atoms with van der Waals surface area (Å²) < 4.78 is 7.50. The van der Waals surface area contributed by atoms with Crippen LogP contribution >= 0.6 is 0 Å². The average molecular weight is 375 g/mol. The minimum atomic E-state index is -0.150. The smallest absolute Gasteiger partial charge is 0.251 e. The first kappa shape index (κ1) is 17.9. The van der Waals surface area contributed by atoms with Gasteiger partial charge in [-0.1, -0.05) is 30.3 Å². The highest BCUT2D eigenvalue weighted by Gasteiger charge is 2.13. The number of oxazole rings is 1. The Balaban J connectivity index is 1.41. The molecule has 7 nitrogen and oxygen atoms in total. The maximum atomic E-state index is 12.5. The maximum absolute atomic E-state index is 12.5. The molecule has 0 radical (unpaired) electrons. The van der Waals surface area contributed by atoms with Crippen LogP contribution in [0.1, 0.15) is 28.7 Å². The van der Waals surface area contributed by atoms with Crippen LogP contribution in [0.4, 0.5) is 0 Å². The quantitative estimate of drug-likeness (QED) is 0.537. The molecule has 1 N–H and O–H groups in total. The number of nitrogens with one attached hydrogen (secondary N) is 1. The average Bonchev–Trinajstić information content (AvgIpc) is 3.35. The Bertz CT molecular complexity index is 1060. The van der Waals surface area contributed by atoms with E-state index in [9.17, 15) is 4.79 Å². The molecule has 0 spiro atoms. The van der Waals surface area contributed by atoms with Crippen molar-refractivity contribution in [2.24, 2.45) is 0 Å². The zero-order valence-electron chi connectivity index (χ0n) is 15.6. The lowest BCUT2D eigenvalue weighted by atomic mass is 10.1. The molecule has 0 aliphatic heterocycles. The first-order chi connectivity index (χ1) is 13.7. The Morgan fingerprint density at radius 3 is 2.82 bits per heavy atom. The van der Waals surface area contributed by atoms with E-state index in [2.05, 4.69) is 32.5 Å². The molecule has 7 heteroatoms. The number of aromatic nitrogens is 4. The van der Waals surface area contributed by atoms with Gasteiger partial charge in [0.2, 0.25) is 0 Å². The molecule has 0 bridgehead atoms. The second-order valence-electron chi connectivity index (χ2n) is 6.77. The SMILES string of the molecule is C[C@H](Cn1cncn1)NC(=O)c1ccc2oc(CCc3ccccc3)nc2c1. The van der Waals surface area contributed by atoms with Gasteiger partial charge in [0, 0.05) is 18.0 Å². The molecule has 0 fully saturated rings. The third-order valence-corrected chi connectivity index (χ3v) is 4.47. The van der Waals surface area contributed by atoms with Crippen molar-refractivity contribution in [3.05, 3.63) is 78.2 Å². The van der Waals surface area contributed by atoms with Gasteiger partial charge < -0.3 is 9.73 Å². The zero-order chi connectivity index (χ0) is 19.3. The van der Waals surface area contributed by atoms with Crippen LogP contribution in [0.15, 0.2) is 65.6 Å². The number of fused-ring (bicyclic) bond motifs is 1. The molecule has 28 heavy (non-hydrogen) atoms. The first-order valence-electron chi connectivity index (χ1n) is 9.24. The minimum Gasteiger partial charge on any atom is -0.441 e. The van der Waals surface area contributed by atoms with E-state index < -0.39 is 0 Å². The molecule has 0 aliphatic rings. The van der Waals surface area contributed by atoms with Crippen LogP contribution in [0.2, 0.25) is 0 Å². The van der Waals surface area contributed by atoms with Gasteiger partial charge in [-0.15, -0.1) is 0 Å². The predicted octanol–water partition coefficient (Wildman–Crippen LogP) is 3.02. The number of rotatable bonds is 7. The fraction of sp³-hybridized carbons (Fsp3) is 0.238. The Morgan fingerprint density at radius 1 is 1.18 bits per heavy atom. The largest absolute Gasteiger partial charge is 0.441 e. The Morgan fingerprint density at radius 2 is 2.04 bits per heavy atom. The van der Waals surface area contributed by atoms with Gasteiger partial charge in [0.1, 0.15) is 18.2 Å². The second-order valence-corrected chi connectivity index (χ2v) is 6.77. The fourth-order valence-electron chi connectivity index (χ4n) is 3.08. The first-order valence-corrected chi connectivity index (χ1v) is 9.24. The van der Waals surface area contributed by atoms with E-state index in [4.69, 9.17) is 4.42 Å². The number of carbonyl (C=O) groups excluding carboxylic acids is 1. The molecular formula is C21H21N5O2. The Labute approximate surface area is 162 Å². The van der Waals surface area contributed by atoms with E-state index in [1.807, 2.05) is 25.1 Å². The monoisotopic (exact) mass is 375 g/mol. The van der Waals surface area contributed by atoms with E-state index >= 15 is 0 Å². The van der Waals surface area contributed by atoms with Crippen molar-refractivity contribution in [3.63, 3.8) is 0 Å². The number of hydrogen-bond donors (Lipinski definition) is 1. The van der Waals surface area contributed by atoms with Crippen LogP contribution < -0.4 is 5.32 Å².